The van der Waals surface area contributed by atoms with Gasteiger partial charge < -0.3 is 16.0 Å². The molecule has 110 valence electrons. The number of rotatable bonds is 6. The summed E-state index contributed by atoms with van der Waals surface area (Å²) >= 11 is 1.35. The molecule has 1 aromatic rings. The summed E-state index contributed by atoms with van der Waals surface area (Å²) in [4.78, 5) is 14.7. The minimum absolute atomic E-state index is 0.0600. The van der Waals surface area contributed by atoms with Crippen LogP contribution in [0.5, 0.6) is 0 Å². The molecule has 0 bridgehead atoms. The molecule has 1 amide bonds. The summed E-state index contributed by atoms with van der Waals surface area (Å²) in [7, 11) is 0. The second-order valence-electron chi connectivity index (χ2n) is 6.19. The zero-order valence-corrected chi connectivity index (χ0v) is 12.9. The molecule has 6 heteroatoms. The Bertz CT molecular complexity index is 505. The summed E-state index contributed by atoms with van der Waals surface area (Å²) in [5.41, 5.74) is 6.51. The van der Waals surface area contributed by atoms with Crippen molar-refractivity contribution < 1.29 is 4.79 Å². The first-order valence-electron chi connectivity index (χ1n) is 7.39. The number of hydrogen-bond acceptors (Lipinski definition) is 5. The van der Waals surface area contributed by atoms with E-state index in [9.17, 15) is 4.79 Å². The van der Waals surface area contributed by atoms with Crippen LogP contribution in [0.15, 0.2) is 0 Å². The molecule has 3 rings (SSSR count). The number of aromatic nitrogens is 1. The highest BCUT2D eigenvalue weighted by Gasteiger charge is 2.32. The van der Waals surface area contributed by atoms with Gasteiger partial charge in [0.1, 0.15) is 10.6 Å². The lowest BCUT2D eigenvalue weighted by atomic mass is 10.2. The molecule has 0 aliphatic heterocycles. The largest absolute Gasteiger partial charge is 0.382 e. The predicted octanol–water partition coefficient (Wildman–Crippen LogP) is 2.24. The van der Waals surface area contributed by atoms with Crippen molar-refractivity contribution in [3.05, 3.63) is 5.56 Å². The van der Waals surface area contributed by atoms with Gasteiger partial charge in [-0.1, -0.05) is 0 Å². The molecule has 0 aromatic carbocycles. The van der Waals surface area contributed by atoms with E-state index < -0.39 is 0 Å². The van der Waals surface area contributed by atoms with E-state index in [-0.39, 0.29) is 5.91 Å². The summed E-state index contributed by atoms with van der Waals surface area (Å²) in [5, 5.41) is 3.95. The SMILES string of the molecule is CC(C)N(CC1CC1)c1snc(N)c1C(=O)NC1CC1. The minimum Gasteiger partial charge on any atom is -0.382 e. The highest BCUT2D eigenvalue weighted by atomic mass is 32.1. The molecule has 2 fully saturated rings. The number of nitrogens with two attached hydrogens (primary N) is 1. The minimum atomic E-state index is -0.0600. The number of carbonyl (C=O) groups is 1. The van der Waals surface area contributed by atoms with Crippen LogP contribution < -0.4 is 16.0 Å². The standard InChI is InChI=1S/C14H22N4OS/c1-8(2)18(7-9-3-4-9)14-11(12(15)17-20-14)13(19)16-10-5-6-10/h8-10H,3-7H2,1-2H3,(H2,15,17)(H,16,19). The van der Waals surface area contributed by atoms with Crippen molar-refractivity contribution in [3.63, 3.8) is 0 Å². The van der Waals surface area contributed by atoms with Crippen molar-refractivity contribution in [2.75, 3.05) is 17.2 Å². The maximum absolute atomic E-state index is 12.4. The second-order valence-corrected chi connectivity index (χ2v) is 6.94. The van der Waals surface area contributed by atoms with E-state index in [0.29, 0.717) is 23.5 Å². The van der Waals surface area contributed by atoms with Crippen molar-refractivity contribution in [1.29, 1.82) is 0 Å². The summed E-state index contributed by atoms with van der Waals surface area (Å²) in [6.45, 7) is 5.31. The second kappa shape index (κ2) is 5.24. The molecule has 20 heavy (non-hydrogen) atoms. The first-order valence-corrected chi connectivity index (χ1v) is 8.16. The van der Waals surface area contributed by atoms with Crippen LogP contribution in [0, 0.1) is 5.92 Å². The Morgan fingerprint density at radius 3 is 2.70 bits per heavy atom. The van der Waals surface area contributed by atoms with Gasteiger partial charge in [-0.15, -0.1) is 0 Å². The smallest absolute Gasteiger partial charge is 0.258 e. The Morgan fingerprint density at radius 2 is 2.15 bits per heavy atom. The van der Waals surface area contributed by atoms with Crippen molar-refractivity contribution >= 4 is 28.3 Å². The Morgan fingerprint density at radius 1 is 1.45 bits per heavy atom. The van der Waals surface area contributed by atoms with Gasteiger partial charge in [0, 0.05) is 18.6 Å². The number of nitrogens with zero attached hydrogens (tertiary/aromatic N) is 2. The zero-order chi connectivity index (χ0) is 14.3. The van der Waals surface area contributed by atoms with E-state index >= 15 is 0 Å². The maximum atomic E-state index is 12.4. The Kier molecular flexibility index (Phi) is 3.58. The van der Waals surface area contributed by atoms with E-state index in [1.807, 2.05) is 0 Å². The van der Waals surface area contributed by atoms with Gasteiger partial charge in [0.05, 0.1) is 0 Å². The quantitative estimate of drug-likeness (QED) is 0.844. The van der Waals surface area contributed by atoms with Crippen LogP contribution in [-0.4, -0.2) is 28.9 Å². The number of carbonyl (C=O) groups excluding carboxylic acids is 1. The number of nitrogens with one attached hydrogen (secondary N) is 1. The van der Waals surface area contributed by atoms with Crippen LogP contribution in [0.4, 0.5) is 10.8 Å². The van der Waals surface area contributed by atoms with Gasteiger partial charge in [-0.25, -0.2) is 0 Å². The van der Waals surface area contributed by atoms with Gasteiger partial charge in [-0.2, -0.15) is 4.37 Å². The van der Waals surface area contributed by atoms with Crippen molar-refractivity contribution in [1.82, 2.24) is 9.69 Å². The molecule has 1 heterocycles. The molecule has 0 atom stereocenters. The summed E-state index contributed by atoms with van der Waals surface area (Å²) < 4.78 is 4.21. The molecule has 2 aliphatic rings. The number of anilines is 2. The molecule has 1 aromatic heterocycles. The lowest BCUT2D eigenvalue weighted by Gasteiger charge is -2.28. The van der Waals surface area contributed by atoms with E-state index in [2.05, 4.69) is 28.4 Å². The van der Waals surface area contributed by atoms with Crippen LogP contribution in [0.3, 0.4) is 0 Å². The van der Waals surface area contributed by atoms with E-state index in [4.69, 9.17) is 5.73 Å². The normalized spacial score (nSPS) is 18.4. The predicted molar refractivity (Wildman–Crippen MR) is 82.2 cm³/mol. The van der Waals surface area contributed by atoms with E-state index in [0.717, 1.165) is 30.3 Å². The molecule has 5 nitrogen and oxygen atoms in total. The lowest BCUT2D eigenvalue weighted by Crippen LogP contribution is -2.35. The van der Waals surface area contributed by atoms with Crippen LogP contribution in [-0.2, 0) is 0 Å². The summed E-state index contributed by atoms with van der Waals surface area (Å²) in [6, 6.07) is 0.688. The third kappa shape index (κ3) is 2.90. The molecule has 0 unspecified atom stereocenters. The molecule has 0 spiro atoms. The van der Waals surface area contributed by atoms with Gasteiger partial charge in [0.2, 0.25) is 0 Å². The van der Waals surface area contributed by atoms with Gasteiger partial charge in [-0.05, 0) is 57.0 Å². The summed E-state index contributed by atoms with van der Waals surface area (Å²) in [5.74, 6) is 1.07. The van der Waals surface area contributed by atoms with Gasteiger partial charge in [-0.3, -0.25) is 4.79 Å². The van der Waals surface area contributed by atoms with Crippen LogP contribution >= 0.6 is 11.5 Å². The fraction of sp³-hybridized carbons (Fsp3) is 0.714. The van der Waals surface area contributed by atoms with Crippen molar-refractivity contribution in [2.24, 2.45) is 5.92 Å². The third-order valence-electron chi connectivity index (χ3n) is 3.88. The lowest BCUT2D eigenvalue weighted by molar-refractivity contribution is 0.0952. The van der Waals surface area contributed by atoms with Crippen molar-refractivity contribution in [3.8, 4) is 0 Å². The highest BCUT2D eigenvalue weighted by Crippen LogP contribution is 2.37. The highest BCUT2D eigenvalue weighted by molar-refractivity contribution is 7.11. The number of hydrogen-bond donors (Lipinski definition) is 2. The van der Waals surface area contributed by atoms with Crippen LogP contribution in [0.25, 0.3) is 0 Å². The molecule has 3 N–H and O–H groups in total. The van der Waals surface area contributed by atoms with Gasteiger partial charge in [0.15, 0.2) is 5.82 Å². The van der Waals surface area contributed by atoms with Gasteiger partial charge >= 0.3 is 0 Å². The number of nitrogen functional groups attached to an aromatic ring is 1. The molecule has 2 aliphatic carbocycles. The maximum Gasteiger partial charge on any atom is 0.258 e. The van der Waals surface area contributed by atoms with Crippen LogP contribution in [0.2, 0.25) is 0 Å². The average Bonchev–Trinajstić information content (AvgIpc) is 3.28. The molecular weight excluding hydrogens is 272 g/mol. The fourth-order valence-corrected chi connectivity index (χ4v) is 3.25. The average molecular weight is 294 g/mol. The Hall–Kier alpha value is -1.30. The van der Waals surface area contributed by atoms with Gasteiger partial charge in [0.25, 0.3) is 5.91 Å². The fourth-order valence-electron chi connectivity index (χ4n) is 2.29. The van der Waals surface area contributed by atoms with Crippen LogP contribution in [0.1, 0.15) is 49.9 Å². The number of amides is 1. The van der Waals surface area contributed by atoms with Crippen molar-refractivity contribution in [2.45, 2.75) is 51.6 Å². The molecular formula is C14H22N4OS. The first kappa shape index (κ1) is 13.7. The Balaban J connectivity index is 1.84. The summed E-state index contributed by atoms with van der Waals surface area (Å²) in [6.07, 6.45) is 4.74. The van der Waals surface area contributed by atoms with E-state index in [1.54, 1.807) is 0 Å². The first-order chi connectivity index (χ1) is 9.56. The molecule has 0 radical (unpaired) electrons. The third-order valence-corrected chi connectivity index (χ3v) is 4.78. The van der Waals surface area contributed by atoms with E-state index in [1.165, 1.54) is 24.4 Å². The molecule has 2 saturated carbocycles. The Labute approximate surface area is 123 Å². The topological polar surface area (TPSA) is 71.2 Å². The monoisotopic (exact) mass is 294 g/mol. The molecule has 0 saturated heterocycles. The zero-order valence-electron chi connectivity index (χ0n) is 12.1.